The summed E-state index contributed by atoms with van der Waals surface area (Å²) in [5, 5.41) is 4.41. The van der Waals surface area contributed by atoms with Gasteiger partial charge in [0.05, 0.1) is 0 Å². The van der Waals surface area contributed by atoms with Crippen LogP contribution < -0.4 is 5.32 Å². The molecule has 0 aromatic heterocycles. The van der Waals surface area contributed by atoms with E-state index in [1.54, 1.807) is 11.1 Å². The first-order valence-electron chi connectivity index (χ1n) is 6.57. The second-order valence-electron chi connectivity index (χ2n) is 5.06. The molecule has 0 saturated heterocycles. The van der Waals surface area contributed by atoms with Crippen molar-refractivity contribution in [1.29, 1.82) is 0 Å². The average molecular weight is 249 g/mol. The molecule has 0 radical (unpaired) electrons. The van der Waals surface area contributed by atoms with E-state index in [0.29, 0.717) is 6.04 Å². The van der Waals surface area contributed by atoms with E-state index >= 15 is 0 Å². The van der Waals surface area contributed by atoms with E-state index in [1.807, 2.05) is 0 Å². The number of hydrogen-bond acceptors (Lipinski definition) is 2. The summed E-state index contributed by atoms with van der Waals surface area (Å²) in [4.78, 5) is 0. The smallest absolute Gasteiger partial charge is 0.0336 e. The van der Waals surface area contributed by atoms with E-state index in [9.17, 15) is 0 Å². The lowest BCUT2D eigenvalue weighted by Gasteiger charge is -2.22. The Balaban J connectivity index is 2.47. The maximum atomic E-state index is 3.67. The van der Waals surface area contributed by atoms with Crippen LogP contribution in [0.2, 0.25) is 0 Å². The van der Waals surface area contributed by atoms with Gasteiger partial charge in [0.25, 0.3) is 0 Å². The molecule has 0 spiro atoms. The maximum absolute atomic E-state index is 3.67. The Labute approximate surface area is 109 Å². The van der Waals surface area contributed by atoms with Crippen LogP contribution in [-0.2, 0) is 5.75 Å². The number of nitrogens with one attached hydrogen (secondary N) is 1. The molecule has 0 fully saturated rings. The van der Waals surface area contributed by atoms with Crippen LogP contribution in [0.5, 0.6) is 0 Å². The third kappa shape index (κ3) is 2.69. The van der Waals surface area contributed by atoms with Gasteiger partial charge in [-0.1, -0.05) is 26.0 Å². The molecule has 1 aromatic rings. The van der Waals surface area contributed by atoms with Crippen LogP contribution in [0, 0.1) is 13.8 Å². The molecule has 2 rings (SSSR count). The zero-order valence-electron chi connectivity index (χ0n) is 11.3. The molecule has 2 unspecified atom stereocenters. The molecule has 0 aliphatic carbocycles. The predicted molar refractivity (Wildman–Crippen MR) is 77.7 cm³/mol. The van der Waals surface area contributed by atoms with Gasteiger partial charge in [-0.2, -0.15) is 11.8 Å². The Morgan fingerprint density at radius 2 is 2.00 bits per heavy atom. The monoisotopic (exact) mass is 249 g/mol. The Morgan fingerprint density at radius 1 is 1.29 bits per heavy atom. The number of aryl methyl sites for hydroxylation is 2. The fourth-order valence-corrected chi connectivity index (χ4v) is 3.91. The van der Waals surface area contributed by atoms with Crippen LogP contribution in [0.1, 0.15) is 48.6 Å². The van der Waals surface area contributed by atoms with E-state index in [1.165, 1.54) is 23.3 Å². The summed E-state index contributed by atoms with van der Waals surface area (Å²) in [5.74, 6) is 1.17. The molecule has 94 valence electrons. The Bertz CT molecular complexity index is 400. The summed E-state index contributed by atoms with van der Waals surface area (Å²) < 4.78 is 0. The number of hydrogen-bond donors (Lipinski definition) is 1. The van der Waals surface area contributed by atoms with Crippen LogP contribution in [0.15, 0.2) is 12.1 Å². The third-order valence-corrected chi connectivity index (χ3v) is 4.90. The van der Waals surface area contributed by atoms with E-state index in [0.717, 1.165) is 11.8 Å². The van der Waals surface area contributed by atoms with Crippen molar-refractivity contribution in [2.75, 3.05) is 6.54 Å². The van der Waals surface area contributed by atoms with E-state index in [-0.39, 0.29) is 0 Å². The fourth-order valence-electron chi connectivity index (χ4n) is 2.74. The molecule has 1 aliphatic heterocycles. The van der Waals surface area contributed by atoms with Gasteiger partial charge in [-0.25, -0.2) is 0 Å². The largest absolute Gasteiger partial charge is 0.310 e. The maximum Gasteiger partial charge on any atom is 0.0336 e. The van der Waals surface area contributed by atoms with Crippen molar-refractivity contribution < 1.29 is 0 Å². The summed E-state index contributed by atoms with van der Waals surface area (Å²) in [6, 6.07) is 5.09. The summed E-state index contributed by atoms with van der Waals surface area (Å²) in [6.45, 7) is 10.1. The van der Waals surface area contributed by atoms with Crippen molar-refractivity contribution in [1.82, 2.24) is 5.32 Å². The molecular weight excluding hydrogens is 226 g/mol. The molecular formula is C15H23NS. The van der Waals surface area contributed by atoms with Gasteiger partial charge in [0.1, 0.15) is 0 Å². The van der Waals surface area contributed by atoms with Crippen molar-refractivity contribution in [3.05, 3.63) is 34.4 Å². The van der Waals surface area contributed by atoms with Gasteiger partial charge in [-0.05, 0) is 49.1 Å². The van der Waals surface area contributed by atoms with Crippen LogP contribution >= 0.6 is 11.8 Å². The Morgan fingerprint density at radius 3 is 2.71 bits per heavy atom. The highest BCUT2D eigenvalue weighted by Gasteiger charge is 2.24. The molecule has 17 heavy (non-hydrogen) atoms. The van der Waals surface area contributed by atoms with Crippen LogP contribution in [0.3, 0.4) is 0 Å². The standard InChI is InChI=1S/C15H23NS/c1-5-16-14-8-12(4)17-9-13-10(2)6-7-11(3)15(13)14/h6-7,12,14,16H,5,8-9H2,1-4H3. The van der Waals surface area contributed by atoms with Crippen LogP contribution in [-0.4, -0.2) is 11.8 Å². The SMILES string of the molecule is CCNC1CC(C)SCc2c(C)ccc(C)c21. The molecule has 1 aliphatic rings. The van der Waals surface area contributed by atoms with E-state index in [2.05, 4.69) is 56.9 Å². The average Bonchev–Trinajstić information content (AvgIpc) is 2.45. The predicted octanol–water partition coefficient (Wildman–Crippen LogP) is 3.98. The van der Waals surface area contributed by atoms with Gasteiger partial charge in [0, 0.05) is 17.0 Å². The van der Waals surface area contributed by atoms with Crippen molar-refractivity contribution in [2.45, 2.75) is 51.2 Å². The molecule has 0 bridgehead atoms. The molecule has 2 heteroatoms. The summed E-state index contributed by atoms with van der Waals surface area (Å²) in [7, 11) is 0. The van der Waals surface area contributed by atoms with Gasteiger partial charge >= 0.3 is 0 Å². The minimum Gasteiger partial charge on any atom is -0.310 e. The lowest BCUT2D eigenvalue weighted by Crippen LogP contribution is -2.24. The number of fused-ring (bicyclic) bond motifs is 1. The third-order valence-electron chi connectivity index (χ3n) is 3.69. The zero-order valence-corrected chi connectivity index (χ0v) is 12.2. The van der Waals surface area contributed by atoms with Gasteiger partial charge in [0.15, 0.2) is 0 Å². The molecule has 0 saturated carbocycles. The minimum atomic E-state index is 0.542. The summed E-state index contributed by atoms with van der Waals surface area (Å²) in [5.41, 5.74) is 6.05. The first kappa shape index (κ1) is 13.0. The summed E-state index contributed by atoms with van der Waals surface area (Å²) >= 11 is 2.09. The number of thioether (sulfide) groups is 1. The molecule has 1 heterocycles. The molecule has 1 nitrogen and oxygen atoms in total. The van der Waals surface area contributed by atoms with E-state index < -0.39 is 0 Å². The van der Waals surface area contributed by atoms with Crippen LogP contribution in [0.4, 0.5) is 0 Å². The first-order chi connectivity index (χ1) is 8.13. The lowest BCUT2D eigenvalue weighted by molar-refractivity contribution is 0.513. The second-order valence-corrected chi connectivity index (χ2v) is 6.49. The number of rotatable bonds is 2. The van der Waals surface area contributed by atoms with Gasteiger partial charge in [-0.3, -0.25) is 0 Å². The minimum absolute atomic E-state index is 0.542. The lowest BCUT2D eigenvalue weighted by atomic mass is 9.91. The van der Waals surface area contributed by atoms with Crippen LogP contribution in [0.25, 0.3) is 0 Å². The van der Waals surface area contributed by atoms with E-state index in [4.69, 9.17) is 0 Å². The van der Waals surface area contributed by atoms with Crippen molar-refractivity contribution in [3.8, 4) is 0 Å². The zero-order chi connectivity index (χ0) is 12.4. The quantitative estimate of drug-likeness (QED) is 0.851. The summed E-state index contributed by atoms with van der Waals surface area (Å²) in [6.07, 6.45) is 1.25. The second kappa shape index (κ2) is 5.45. The van der Waals surface area contributed by atoms with Crippen molar-refractivity contribution in [3.63, 3.8) is 0 Å². The Hall–Kier alpha value is -0.470. The highest BCUT2D eigenvalue weighted by atomic mass is 32.2. The first-order valence-corrected chi connectivity index (χ1v) is 7.62. The van der Waals surface area contributed by atoms with Gasteiger partial charge in [-0.15, -0.1) is 0 Å². The fraction of sp³-hybridized carbons (Fsp3) is 0.600. The molecule has 1 N–H and O–H groups in total. The van der Waals surface area contributed by atoms with Crippen molar-refractivity contribution in [2.24, 2.45) is 0 Å². The molecule has 2 atom stereocenters. The molecule has 0 amide bonds. The Kier molecular flexibility index (Phi) is 4.16. The topological polar surface area (TPSA) is 12.0 Å². The van der Waals surface area contributed by atoms with Crippen molar-refractivity contribution >= 4 is 11.8 Å². The highest BCUT2D eigenvalue weighted by molar-refractivity contribution is 7.99. The van der Waals surface area contributed by atoms with Gasteiger partial charge < -0.3 is 5.32 Å². The normalized spacial score (nSPS) is 24.2. The molecule has 1 aromatic carbocycles. The van der Waals surface area contributed by atoms with Gasteiger partial charge in [0.2, 0.25) is 0 Å². The highest BCUT2D eigenvalue weighted by Crippen LogP contribution is 2.37. The number of benzene rings is 1.